The van der Waals surface area contributed by atoms with Gasteiger partial charge in [0.2, 0.25) is 5.91 Å². The van der Waals surface area contributed by atoms with Gasteiger partial charge in [0, 0.05) is 10.9 Å². The molecule has 2 heterocycles. The first-order chi connectivity index (χ1) is 12.6. The molecule has 1 atom stereocenters. The summed E-state index contributed by atoms with van der Waals surface area (Å²) in [5, 5.41) is 3.87. The maximum Gasteiger partial charge on any atom is 0.230 e. The molecule has 1 fully saturated rings. The summed E-state index contributed by atoms with van der Waals surface area (Å²) in [6.07, 6.45) is 3.95. The average Bonchev–Trinajstić information content (AvgIpc) is 3.39. The molecule has 2 aromatic heterocycles. The third kappa shape index (κ3) is 3.88. The van der Waals surface area contributed by atoms with Gasteiger partial charge >= 0.3 is 0 Å². The van der Waals surface area contributed by atoms with Crippen molar-refractivity contribution in [2.24, 2.45) is 5.92 Å². The molecule has 1 N–H and O–H groups in total. The van der Waals surface area contributed by atoms with Gasteiger partial charge in [-0.05, 0) is 49.4 Å². The van der Waals surface area contributed by atoms with Crippen LogP contribution in [0.1, 0.15) is 19.8 Å². The van der Waals surface area contributed by atoms with Crippen LogP contribution in [0.5, 0.6) is 0 Å². The largest absolute Gasteiger partial charge is 0.353 e. The first kappa shape index (κ1) is 17.4. The highest BCUT2D eigenvalue weighted by Gasteiger charge is 2.28. The van der Waals surface area contributed by atoms with E-state index in [1.165, 1.54) is 43.1 Å². The molecule has 7 heteroatoms. The van der Waals surface area contributed by atoms with Crippen molar-refractivity contribution in [3.63, 3.8) is 0 Å². The van der Waals surface area contributed by atoms with Gasteiger partial charge in [-0.15, -0.1) is 11.3 Å². The highest BCUT2D eigenvalue weighted by atomic mass is 32.2. The first-order valence-corrected chi connectivity index (χ1v) is 10.3. The van der Waals surface area contributed by atoms with Crippen molar-refractivity contribution in [3.8, 4) is 10.4 Å². The van der Waals surface area contributed by atoms with Crippen LogP contribution in [-0.2, 0) is 4.79 Å². The fourth-order valence-corrected chi connectivity index (χ4v) is 4.85. The Kier molecular flexibility index (Phi) is 4.91. The van der Waals surface area contributed by atoms with Crippen molar-refractivity contribution in [2.45, 2.75) is 30.8 Å². The third-order valence-electron chi connectivity index (χ3n) is 4.47. The fourth-order valence-electron chi connectivity index (χ4n) is 2.84. The number of amides is 1. The molecule has 1 amide bonds. The number of hydrogen-bond donors (Lipinski definition) is 1. The molecule has 1 aliphatic rings. The van der Waals surface area contributed by atoms with Crippen molar-refractivity contribution in [3.05, 3.63) is 42.5 Å². The maximum atomic E-state index is 13.1. The van der Waals surface area contributed by atoms with E-state index in [1.54, 1.807) is 23.5 Å². The zero-order chi connectivity index (χ0) is 18.1. The molecule has 1 aromatic carbocycles. The van der Waals surface area contributed by atoms with Crippen molar-refractivity contribution in [1.82, 2.24) is 15.3 Å². The van der Waals surface area contributed by atoms with Gasteiger partial charge < -0.3 is 5.32 Å². The average molecular weight is 388 g/mol. The summed E-state index contributed by atoms with van der Waals surface area (Å²) in [6, 6.07) is 8.65. The molecule has 1 aliphatic carbocycles. The third-order valence-corrected chi connectivity index (χ3v) is 6.76. The van der Waals surface area contributed by atoms with Crippen LogP contribution in [0, 0.1) is 11.7 Å². The summed E-state index contributed by atoms with van der Waals surface area (Å²) in [5.74, 6) is 0.770. The zero-order valence-corrected chi connectivity index (χ0v) is 15.9. The minimum absolute atomic E-state index is 0.0384. The number of nitrogens with zero attached hydrogens (tertiary/aromatic N) is 2. The number of thioether (sulfide) groups is 1. The molecule has 0 aliphatic heterocycles. The van der Waals surface area contributed by atoms with E-state index < -0.39 is 0 Å². The van der Waals surface area contributed by atoms with E-state index in [1.807, 2.05) is 6.07 Å². The summed E-state index contributed by atoms with van der Waals surface area (Å²) in [4.78, 5) is 21.8. The number of halogens is 1. The van der Waals surface area contributed by atoms with Crippen molar-refractivity contribution >= 4 is 39.2 Å². The molecule has 0 radical (unpaired) electrons. The standard InChI is InChI=1S/C19H18FN3OS2/c1-11(12-2-3-12)23-17(24)9-25-19-18-15(21-10-22-19)8-16(26-18)13-4-6-14(20)7-5-13/h4-8,10-12H,2-3,9H2,1H3,(H,23,24)/t11-/m0/s1. The second kappa shape index (κ2) is 7.32. The van der Waals surface area contributed by atoms with E-state index >= 15 is 0 Å². The van der Waals surface area contributed by atoms with Crippen molar-refractivity contribution < 1.29 is 9.18 Å². The predicted molar refractivity (Wildman–Crippen MR) is 104 cm³/mol. The lowest BCUT2D eigenvalue weighted by Crippen LogP contribution is -2.35. The summed E-state index contributed by atoms with van der Waals surface area (Å²) in [5.41, 5.74) is 1.79. The Balaban J connectivity index is 1.50. The van der Waals surface area contributed by atoms with Gasteiger partial charge in [-0.2, -0.15) is 0 Å². The molecule has 0 saturated heterocycles. The maximum absolute atomic E-state index is 13.1. The number of fused-ring (bicyclic) bond motifs is 1. The van der Waals surface area contributed by atoms with Crippen LogP contribution in [-0.4, -0.2) is 27.7 Å². The molecular weight excluding hydrogens is 369 g/mol. The van der Waals surface area contributed by atoms with Gasteiger partial charge in [-0.25, -0.2) is 14.4 Å². The fraction of sp³-hybridized carbons (Fsp3) is 0.316. The molecule has 26 heavy (non-hydrogen) atoms. The van der Waals surface area contributed by atoms with Crippen LogP contribution < -0.4 is 5.32 Å². The molecule has 4 rings (SSSR count). The molecule has 0 bridgehead atoms. The van der Waals surface area contributed by atoms with Crippen molar-refractivity contribution in [1.29, 1.82) is 0 Å². The van der Waals surface area contributed by atoms with Gasteiger partial charge in [0.1, 0.15) is 17.2 Å². The van der Waals surface area contributed by atoms with Crippen LogP contribution >= 0.6 is 23.1 Å². The normalized spacial score (nSPS) is 15.2. The Hall–Kier alpha value is -1.99. The molecule has 0 unspecified atom stereocenters. The molecule has 3 aromatic rings. The predicted octanol–water partition coefficient (Wildman–Crippen LogP) is 4.50. The summed E-state index contributed by atoms with van der Waals surface area (Å²) < 4.78 is 14.1. The Morgan fingerprint density at radius 2 is 2.12 bits per heavy atom. The molecule has 0 spiro atoms. The van der Waals surface area contributed by atoms with E-state index in [0.29, 0.717) is 11.7 Å². The van der Waals surface area contributed by atoms with Crippen LogP contribution in [0.4, 0.5) is 4.39 Å². The first-order valence-electron chi connectivity index (χ1n) is 8.53. The van der Waals surface area contributed by atoms with Gasteiger partial charge in [-0.3, -0.25) is 4.79 Å². The van der Waals surface area contributed by atoms with Crippen LogP contribution in [0.3, 0.4) is 0 Å². The van der Waals surface area contributed by atoms with Gasteiger partial charge in [-0.1, -0.05) is 23.9 Å². The van der Waals surface area contributed by atoms with Gasteiger partial charge in [0.05, 0.1) is 16.0 Å². The van der Waals surface area contributed by atoms with Gasteiger partial charge in [0.15, 0.2) is 0 Å². The molecule has 134 valence electrons. The highest BCUT2D eigenvalue weighted by molar-refractivity contribution is 8.00. The number of nitrogens with one attached hydrogen (secondary N) is 1. The van der Waals surface area contributed by atoms with E-state index in [9.17, 15) is 9.18 Å². The number of hydrogen-bond acceptors (Lipinski definition) is 5. The van der Waals surface area contributed by atoms with E-state index in [4.69, 9.17) is 0 Å². The van der Waals surface area contributed by atoms with E-state index in [2.05, 4.69) is 22.2 Å². The Bertz CT molecular complexity index is 938. The number of benzene rings is 1. The second-order valence-electron chi connectivity index (χ2n) is 6.49. The number of carbonyl (C=O) groups excluding carboxylic acids is 1. The lowest BCUT2D eigenvalue weighted by Gasteiger charge is -2.12. The SMILES string of the molecule is C[C@H](NC(=O)CSc1ncnc2cc(-c3ccc(F)cc3)sc12)C1CC1. The summed E-state index contributed by atoms with van der Waals surface area (Å²) >= 11 is 2.99. The minimum Gasteiger partial charge on any atom is -0.353 e. The monoisotopic (exact) mass is 387 g/mol. The van der Waals surface area contributed by atoms with E-state index in [-0.39, 0.29) is 17.8 Å². The quantitative estimate of drug-likeness (QED) is 0.500. The zero-order valence-electron chi connectivity index (χ0n) is 14.2. The Labute approximate surface area is 159 Å². The van der Waals surface area contributed by atoms with Crippen LogP contribution in [0.2, 0.25) is 0 Å². The summed E-state index contributed by atoms with van der Waals surface area (Å²) in [7, 11) is 0. The molecular formula is C19H18FN3OS2. The van der Waals surface area contributed by atoms with Crippen LogP contribution in [0.25, 0.3) is 20.7 Å². The Morgan fingerprint density at radius 3 is 2.85 bits per heavy atom. The van der Waals surface area contributed by atoms with Gasteiger partial charge in [0.25, 0.3) is 0 Å². The number of thiophene rings is 1. The summed E-state index contributed by atoms with van der Waals surface area (Å²) in [6.45, 7) is 2.07. The lowest BCUT2D eigenvalue weighted by atomic mass is 10.2. The molecule has 4 nitrogen and oxygen atoms in total. The number of rotatable bonds is 6. The second-order valence-corrected chi connectivity index (χ2v) is 8.51. The minimum atomic E-state index is -0.252. The smallest absolute Gasteiger partial charge is 0.230 e. The number of carbonyl (C=O) groups is 1. The van der Waals surface area contributed by atoms with Crippen LogP contribution in [0.15, 0.2) is 41.7 Å². The van der Waals surface area contributed by atoms with E-state index in [0.717, 1.165) is 25.7 Å². The molecule has 1 saturated carbocycles. The number of aromatic nitrogens is 2. The topological polar surface area (TPSA) is 54.9 Å². The highest BCUT2D eigenvalue weighted by Crippen LogP contribution is 2.37. The van der Waals surface area contributed by atoms with Crippen molar-refractivity contribution in [2.75, 3.05) is 5.75 Å². The lowest BCUT2D eigenvalue weighted by molar-refractivity contribution is -0.119. The Morgan fingerprint density at radius 1 is 1.35 bits per heavy atom.